The average Bonchev–Trinajstić information content (AvgIpc) is 3.25. The van der Waals surface area contributed by atoms with Gasteiger partial charge in [-0.15, -0.1) is 0 Å². The van der Waals surface area contributed by atoms with E-state index in [1.807, 2.05) is 10.6 Å². The molecule has 10 heteroatoms. The van der Waals surface area contributed by atoms with Crippen LogP contribution in [0, 0.1) is 0 Å². The Kier molecular flexibility index (Phi) is 8.69. The van der Waals surface area contributed by atoms with Crippen LogP contribution < -0.4 is 60.9 Å². The van der Waals surface area contributed by atoms with Gasteiger partial charge < -0.3 is 20.6 Å². The van der Waals surface area contributed by atoms with Gasteiger partial charge in [0.15, 0.2) is 0 Å². The quantitative estimate of drug-likeness (QED) is 0.481. The molecule has 2 heterocycles. The predicted octanol–water partition coefficient (Wildman–Crippen LogP) is 3.76. The predicted molar refractivity (Wildman–Crippen MR) is 119 cm³/mol. The van der Waals surface area contributed by atoms with Gasteiger partial charge in [-0.05, 0) is 56.2 Å². The van der Waals surface area contributed by atoms with Crippen molar-refractivity contribution in [3.8, 4) is 11.5 Å². The fourth-order valence-electron chi connectivity index (χ4n) is 4.29. The zero-order valence-corrected chi connectivity index (χ0v) is 23.0. The monoisotopic (exact) mass is 521 g/mol. The number of halogens is 4. The molecule has 178 valence electrons. The van der Waals surface area contributed by atoms with Crippen LogP contribution in [0.5, 0.6) is 11.5 Å². The van der Waals surface area contributed by atoms with Crippen molar-refractivity contribution in [3.05, 3.63) is 58.2 Å². The maximum absolute atomic E-state index is 13.5. The van der Waals surface area contributed by atoms with Crippen molar-refractivity contribution in [1.82, 2.24) is 4.57 Å². The molecule has 2 aromatic carbocycles. The summed E-state index contributed by atoms with van der Waals surface area (Å²) in [5, 5.41) is 10.4. The summed E-state index contributed by atoms with van der Waals surface area (Å²) in [5.41, 5.74) is 1.20. The van der Waals surface area contributed by atoms with Crippen molar-refractivity contribution in [3.63, 3.8) is 0 Å². The van der Waals surface area contributed by atoms with E-state index in [9.17, 15) is 18.0 Å². The first-order valence-electron chi connectivity index (χ1n) is 10.6. The second-order valence-corrected chi connectivity index (χ2v) is 8.77. The van der Waals surface area contributed by atoms with Crippen molar-refractivity contribution in [2.24, 2.45) is 0 Å². The number of aliphatic carboxylic acids is 1. The number of carboxylic acids is 1. The number of carboxylic acid groups (broad SMARTS) is 1. The van der Waals surface area contributed by atoms with E-state index in [1.165, 1.54) is 6.07 Å². The number of carbonyl (C=O) groups is 1. The fraction of sp³-hybridized carbons (Fsp3) is 0.375. The van der Waals surface area contributed by atoms with Crippen LogP contribution in [0.4, 0.5) is 13.2 Å². The van der Waals surface area contributed by atoms with E-state index in [0.29, 0.717) is 29.3 Å². The Labute approximate surface area is 244 Å². The standard InChI is InChI=1S/C24H23ClF3NO4.K.H/c1-13(2)33-20-6-3-14(9-18(20)24(26,27)28)12-32-16-4-5-19-17(11-16)22(25)23-15(10-21(30)31)7-8-29(19)23;;/h3-6,9,11,13,15H,7-8,10,12H2,1-2H3,(H,30,31);;/q;+1;-1/t15-;;/m1../s1. The number of benzene rings is 2. The normalized spacial score (nSPS) is 15.3. The molecular formula is C24H24ClF3KNO4. The smallest absolute Gasteiger partial charge is 1.00 e. The molecule has 0 bridgehead atoms. The Hall–Kier alpha value is -1.23. The van der Waals surface area contributed by atoms with E-state index in [1.54, 1.807) is 32.0 Å². The molecule has 1 atom stereocenters. The molecule has 34 heavy (non-hydrogen) atoms. The molecule has 0 amide bonds. The van der Waals surface area contributed by atoms with Crippen LogP contribution in [-0.4, -0.2) is 21.7 Å². The minimum Gasteiger partial charge on any atom is -1.00 e. The number of fused-ring (bicyclic) bond motifs is 3. The van der Waals surface area contributed by atoms with Gasteiger partial charge in [0, 0.05) is 23.5 Å². The van der Waals surface area contributed by atoms with Gasteiger partial charge in [-0.3, -0.25) is 4.79 Å². The van der Waals surface area contributed by atoms with Gasteiger partial charge in [-0.1, -0.05) is 17.7 Å². The topological polar surface area (TPSA) is 60.7 Å². The molecular weight excluding hydrogens is 498 g/mol. The molecule has 0 saturated heterocycles. The number of ether oxygens (including phenoxy) is 2. The van der Waals surface area contributed by atoms with Crippen LogP contribution in [0.25, 0.3) is 10.9 Å². The Morgan fingerprint density at radius 3 is 2.65 bits per heavy atom. The molecule has 1 aliphatic rings. The number of aromatic nitrogens is 1. The SMILES string of the molecule is CC(C)Oc1ccc(COc2ccc3c(c2)c(Cl)c2n3CC[C@@H]2CC(=O)O)cc1C(F)(F)F.[H-].[K+]. The summed E-state index contributed by atoms with van der Waals surface area (Å²) in [4.78, 5) is 11.2. The van der Waals surface area contributed by atoms with Crippen molar-refractivity contribution in [2.75, 3.05) is 0 Å². The molecule has 0 radical (unpaired) electrons. The summed E-state index contributed by atoms with van der Waals surface area (Å²) in [6, 6.07) is 9.19. The first kappa shape index (κ1) is 27.4. The largest absolute Gasteiger partial charge is 1.00 e. The van der Waals surface area contributed by atoms with E-state index in [4.69, 9.17) is 26.2 Å². The van der Waals surface area contributed by atoms with E-state index in [2.05, 4.69) is 0 Å². The van der Waals surface area contributed by atoms with Crippen LogP contribution in [-0.2, 0) is 24.1 Å². The molecule has 1 N–H and O–H groups in total. The van der Waals surface area contributed by atoms with Crippen LogP contribution in [0.1, 0.15) is 50.9 Å². The summed E-state index contributed by atoms with van der Waals surface area (Å²) in [5.74, 6) is -0.783. The first-order valence-corrected chi connectivity index (χ1v) is 11.0. The number of rotatable bonds is 7. The zero-order chi connectivity index (χ0) is 23.9. The molecule has 1 aromatic heterocycles. The minimum absolute atomic E-state index is 0. The van der Waals surface area contributed by atoms with Gasteiger partial charge in [-0.25, -0.2) is 0 Å². The second-order valence-electron chi connectivity index (χ2n) is 8.40. The van der Waals surface area contributed by atoms with Crippen LogP contribution >= 0.6 is 11.6 Å². The van der Waals surface area contributed by atoms with E-state index in [0.717, 1.165) is 22.7 Å². The second kappa shape index (κ2) is 10.8. The minimum atomic E-state index is -4.55. The Bertz CT molecular complexity index is 1220. The van der Waals surface area contributed by atoms with E-state index < -0.39 is 17.7 Å². The Morgan fingerprint density at radius 1 is 1.26 bits per heavy atom. The third-order valence-electron chi connectivity index (χ3n) is 5.64. The Balaban J connectivity index is 0.00000216. The molecule has 0 saturated carbocycles. The number of aryl methyl sites for hydroxylation is 1. The molecule has 0 aliphatic carbocycles. The van der Waals surface area contributed by atoms with E-state index >= 15 is 0 Å². The number of hydrogen-bond donors (Lipinski definition) is 1. The molecule has 0 unspecified atom stereocenters. The summed E-state index contributed by atoms with van der Waals surface area (Å²) in [6.07, 6.45) is -4.21. The summed E-state index contributed by atoms with van der Waals surface area (Å²) < 4.78 is 53.5. The van der Waals surface area contributed by atoms with Gasteiger partial charge in [0.25, 0.3) is 0 Å². The number of nitrogens with zero attached hydrogens (tertiary/aromatic N) is 1. The van der Waals surface area contributed by atoms with Crippen molar-refractivity contribution in [2.45, 2.75) is 58.0 Å². The fourth-order valence-corrected chi connectivity index (χ4v) is 4.69. The maximum Gasteiger partial charge on any atom is 1.00 e. The summed E-state index contributed by atoms with van der Waals surface area (Å²) in [6.45, 7) is 3.95. The number of hydrogen-bond acceptors (Lipinski definition) is 3. The van der Waals surface area contributed by atoms with Gasteiger partial charge in [0.1, 0.15) is 18.1 Å². The summed E-state index contributed by atoms with van der Waals surface area (Å²) in [7, 11) is 0. The molecule has 5 nitrogen and oxygen atoms in total. The molecule has 3 aromatic rings. The van der Waals surface area contributed by atoms with Gasteiger partial charge in [0.05, 0.1) is 28.6 Å². The van der Waals surface area contributed by atoms with Gasteiger partial charge in [0.2, 0.25) is 0 Å². The molecule has 4 rings (SSSR count). The van der Waals surface area contributed by atoms with Crippen molar-refractivity contribution in [1.29, 1.82) is 0 Å². The molecule has 0 spiro atoms. The third kappa shape index (κ3) is 5.76. The van der Waals surface area contributed by atoms with Crippen molar-refractivity contribution < 1.29 is 85.4 Å². The Morgan fingerprint density at radius 2 is 2.00 bits per heavy atom. The molecule has 1 aliphatic heterocycles. The van der Waals surface area contributed by atoms with Gasteiger partial charge in [-0.2, -0.15) is 13.2 Å². The van der Waals surface area contributed by atoms with Crippen LogP contribution in [0.3, 0.4) is 0 Å². The van der Waals surface area contributed by atoms with E-state index in [-0.39, 0.29) is 83.6 Å². The van der Waals surface area contributed by atoms with Crippen LogP contribution in [0.15, 0.2) is 36.4 Å². The summed E-state index contributed by atoms with van der Waals surface area (Å²) >= 11 is 6.59. The van der Waals surface area contributed by atoms with Crippen LogP contribution in [0.2, 0.25) is 5.02 Å². The van der Waals surface area contributed by atoms with Crippen molar-refractivity contribution >= 4 is 28.5 Å². The average molecular weight is 522 g/mol. The first-order chi connectivity index (χ1) is 15.5. The van der Waals surface area contributed by atoms with Gasteiger partial charge >= 0.3 is 63.5 Å². The zero-order valence-electron chi connectivity index (χ0n) is 20.1. The maximum atomic E-state index is 13.5. The number of alkyl halides is 3. The third-order valence-corrected chi connectivity index (χ3v) is 6.03. The molecule has 0 fully saturated rings.